The Morgan fingerprint density at radius 1 is 1.19 bits per heavy atom. The largest absolute Gasteiger partial charge is 0.474 e. The minimum Gasteiger partial charge on any atom is -0.474 e. The Kier molecular flexibility index (Phi) is 5.89. The Labute approximate surface area is 212 Å². The van der Waals surface area contributed by atoms with Crippen molar-refractivity contribution in [2.45, 2.75) is 25.5 Å². The van der Waals surface area contributed by atoms with Gasteiger partial charge >= 0.3 is 0 Å². The van der Waals surface area contributed by atoms with Crippen molar-refractivity contribution < 1.29 is 9.15 Å². The van der Waals surface area contributed by atoms with Crippen LogP contribution in [0.2, 0.25) is 0 Å². The molecule has 1 aromatic carbocycles. The number of hydrogen-bond donors (Lipinski definition) is 1. The first kappa shape index (κ1) is 22.9. The number of oxazole rings is 1. The number of rotatable bonds is 7. The zero-order valence-electron chi connectivity index (χ0n) is 20.4. The number of nitrogens with one attached hydrogen (secondary N) is 1. The second kappa shape index (κ2) is 9.51. The Bertz CT molecular complexity index is 1640. The van der Waals surface area contributed by atoms with Gasteiger partial charge in [-0.3, -0.25) is 4.79 Å². The molecule has 1 N–H and O–H groups in total. The average molecular weight is 499 g/mol. The van der Waals surface area contributed by atoms with E-state index in [1.165, 1.54) is 12.6 Å². The van der Waals surface area contributed by atoms with Crippen LogP contribution in [0.15, 0.2) is 70.9 Å². The lowest BCUT2D eigenvalue weighted by Gasteiger charge is -2.29. The van der Waals surface area contributed by atoms with Crippen molar-refractivity contribution in [3.8, 4) is 11.7 Å². The highest BCUT2D eigenvalue weighted by atomic mass is 16.5. The molecule has 0 bridgehead atoms. The molecular formula is C26H26N8O3. The molecule has 1 aliphatic heterocycles. The third-order valence-electron chi connectivity index (χ3n) is 6.44. The summed E-state index contributed by atoms with van der Waals surface area (Å²) in [5, 5.41) is 3.57. The van der Waals surface area contributed by atoms with Crippen LogP contribution < -0.4 is 15.6 Å². The van der Waals surface area contributed by atoms with Crippen molar-refractivity contribution in [2.75, 3.05) is 25.5 Å². The first-order chi connectivity index (χ1) is 18.1. The van der Waals surface area contributed by atoms with Gasteiger partial charge in [0.1, 0.15) is 17.0 Å². The summed E-state index contributed by atoms with van der Waals surface area (Å²) in [5.74, 6) is 1.37. The maximum absolute atomic E-state index is 13.2. The minimum atomic E-state index is -0.228. The van der Waals surface area contributed by atoms with Crippen LogP contribution in [-0.4, -0.2) is 60.4 Å². The summed E-state index contributed by atoms with van der Waals surface area (Å²) >= 11 is 0. The highest BCUT2D eigenvalue weighted by Crippen LogP contribution is 2.23. The van der Waals surface area contributed by atoms with Crippen molar-refractivity contribution in [1.82, 2.24) is 34.2 Å². The summed E-state index contributed by atoms with van der Waals surface area (Å²) < 4.78 is 14.7. The number of anilines is 2. The molecule has 0 amide bonds. The summed E-state index contributed by atoms with van der Waals surface area (Å²) in [6.07, 6.45) is 6.58. The summed E-state index contributed by atoms with van der Waals surface area (Å²) in [5.41, 5.74) is 2.34. The molecule has 6 rings (SSSR count). The number of allylic oxidation sites excluding steroid dienone is 1. The second-order valence-corrected chi connectivity index (χ2v) is 9.03. The predicted molar refractivity (Wildman–Crippen MR) is 140 cm³/mol. The fourth-order valence-corrected chi connectivity index (χ4v) is 4.53. The van der Waals surface area contributed by atoms with Gasteiger partial charge in [-0.2, -0.15) is 9.97 Å². The van der Waals surface area contributed by atoms with Gasteiger partial charge in [-0.1, -0.05) is 12.1 Å². The van der Waals surface area contributed by atoms with E-state index in [-0.39, 0.29) is 18.2 Å². The maximum atomic E-state index is 13.2. The van der Waals surface area contributed by atoms with Crippen molar-refractivity contribution in [3.63, 3.8) is 0 Å². The van der Waals surface area contributed by atoms with Crippen LogP contribution in [-0.2, 0) is 6.54 Å². The molecule has 4 aromatic heterocycles. The number of pyridine rings is 1. The molecule has 0 atom stereocenters. The van der Waals surface area contributed by atoms with Gasteiger partial charge in [-0.05, 0) is 44.2 Å². The van der Waals surface area contributed by atoms with Gasteiger partial charge in [0.2, 0.25) is 11.8 Å². The molecule has 1 fully saturated rings. The van der Waals surface area contributed by atoms with Gasteiger partial charge in [0.25, 0.3) is 5.56 Å². The van der Waals surface area contributed by atoms with E-state index in [2.05, 4.69) is 38.8 Å². The highest BCUT2D eigenvalue weighted by molar-refractivity contribution is 5.79. The zero-order chi connectivity index (χ0) is 25.4. The summed E-state index contributed by atoms with van der Waals surface area (Å²) in [7, 11) is 2.11. The first-order valence-electron chi connectivity index (χ1n) is 12.1. The fourth-order valence-electron chi connectivity index (χ4n) is 4.53. The highest BCUT2D eigenvalue weighted by Gasteiger charge is 2.21. The molecule has 0 radical (unpaired) electrons. The van der Waals surface area contributed by atoms with Crippen molar-refractivity contribution in [3.05, 3.63) is 72.0 Å². The Hall–Kier alpha value is -4.51. The molecule has 5 aromatic rings. The lowest BCUT2D eigenvalue weighted by Crippen LogP contribution is -2.35. The quantitative estimate of drug-likeness (QED) is 0.336. The van der Waals surface area contributed by atoms with Crippen LogP contribution in [0, 0.1) is 0 Å². The molecule has 1 aliphatic rings. The lowest BCUT2D eigenvalue weighted by atomic mass is 10.1. The number of ether oxygens (including phenoxy) is 1. The third-order valence-corrected chi connectivity index (χ3v) is 6.44. The molecule has 0 saturated carbocycles. The minimum absolute atomic E-state index is 0.107. The van der Waals surface area contributed by atoms with Crippen molar-refractivity contribution in [1.29, 1.82) is 0 Å². The van der Waals surface area contributed by atoms with Gasteiger partial charge in [-0.25, -0.2) is 19.3 Å². The summed E-state index contributed by atoms with van der Waals surface area (Å²) in [6.45, 7) is 6.07. The van der Waals surface area contributed by atoms with Crippen molar-refractivity contribution >= 4 is 33.8 Å². The maximum Gasteiger partial charge on any atom is 0.278 e. The van der Waals surface area contributed by atoms with E-state index < -0.39 is 0 Å². The first-order valence-corrected chi connectivity index (χ1v) is 12.1. The SMILES string of the molecule is C=CCn1c(=O)c2cnc(Nc3ccc4ocnc4c3)nc2n1-c1cccc(OC2CCN(C)CC2)n1. The van der Waals surface area contributed by atoms with E-state index in [9.17, 15) is 4.79 Å². The number of fused-ring (bicyclic) bond motifs is 2. The molecule has 188 valence electrons. The smallest absolute Gasteiger partial charge is 0.278 e. The Balaban J connectivity index is 1.38. The molecule has 11 nitrogen and oxygen atoms in total. The zero-order valence-corrected chi connectivity index (χ0v) is 20.4. The molecule has 0 unspecified atom stereocenters. The fraction of sp³-hybridized carbons (Fsp3) is 0.269. The van der Waals surface area contributed by atoms with E-state index >= 15 is 0 Å². The van der Waals surface area contributed by atoms with E-state index in [0.717, 1.165) is 31.6 Å². The van der Waals surface area contributed by atoms with Gasteiger partial charge < -0.3 is 19.4 Å². The second-order valence-electron chi connectivity index (χ2n) is 9.03. The summed E-state index contributed by atoms with van der Waals surface area (Å²) in [6, 6.07) is 11.0. The molecule has 0 spiro atoms. The topological polar surface area (TPSA) is 116 Å². The van der Waals surface area contributed by atoms with Gasteiger partial charge in [-0.15, -0.1) is 6.58 Å². The molecule has 1 saturated heterocycles. The third kappa shape index (κ3) is 4.45. The standard InChI is InChI=1S/C26H26N8O3/c1-3-11-33-25(35)19-15-27-26(29-17-7-8-21-20(14-17)28-16-36-21)31-24(19)34(33)22-5-4-6-23(30-22)37-18-9-12-32(2)13-10-18/h3-8,14-16,18H,1,9-13H2,2H3,(H,27,29,31). The van der Waals surface area contributed by atoms with Crippen LogP contribution in [0.25, 0.3) is 28.0 Å². The number of benzene rings is 1. The number of likely N-dealkylation sites (tertiary alicyclic amines) is 1. The van der Waals surface area contributed by atoms with E-state index in [1.54, 1.807) is 15.4 Å². The monoisotopic (exact) mass is 498 g/mol. The van der Waals surface area contributed by atoms with Crippen molar-refractivity contribution in [2.24, 2.45) is 0 Å². The van der Waals surface area contributed by atoms with Crippen LogP contribution in [0.1, 0.15) is 12.8 Å². The predicted octanol–water partition coefficient (Wildman–Crippen LogP) is 3.52. The van der Waals surface area contributed by atoms with Gasteiger partial charge in [0.05, 0.1) is 6.54 Å². The van der Waals surface area contributed by atoms with Crippen LogP contribution >= 0.6 is 0 Å². The Morgan fingerprint density at radius 2 is 2.05 bits per heavy atom. The molecule has 5 heterocycles. The molecule has 0 aliphatic carbocycles. The van der Waals surface area contributed by atoms with Crippen LogP contribution in [0.4, 0.5) is 11.6 Å². The number of aromatic nitrogens is 6. The number of piperidine rings is 1. The molecule has 37 heavy (non-hydrogen) atoms. The average Bonchev–Trinajstić information content (AvgIpc) is 3.48. The number of hydrogen-bond acceptors (Lipinski definition) is 9. The van der Waals surface area contributed by atoms with Gasteiger partial charge in [0.15, 0.2) is 23.4 Å². The Morgan fingerprint density at radius 3 is 2.89 bits per heavy atom. The van der Waals surface area contributed by atoms with Crippen LogP contribution in [0.5, 0.6) is 5.88 Å². The molecule has 11 heteroatoms. The lowest BCUT2D eigenvalue weighted by molar-refractivity contribution is 0.110. The van der Waals surface area contributed by atoms with Crippen LogP contribution in [0.3, 0.4) is 0 Å². The van der Waals surface area contributed by atoms with E-state index in [0.29, 0.717) is 39.8 Å². The van der Waals surface area contributed by atoms with E-state index in [4.69, 9.17) is 14.1 Å². The molecular weight excluding hydrogens is 472 g/mol. The normalized spacial score (nSPS) is 14.8. The van der Waals surface area contributed by atoms with E-state index in [1.807, 2.05) is 36.4 Å². The number of nitrogens with zero attached hydrogens (tertiary/aromatic N) is 7. The van der Waals surface area contributed by atoms with Gasteiger partial charge in [0, 0.05) is 31.0 Å². The summed E-state index contributed by atoms with van der Waals surface area (Å²) in [4.78, 5) is 33.5.